The summed E-state index contributed by atoms with van der Waals surface area (Å²) in [5.74, 6) is -0.270. The number of nitrogens with zero attached hydrogens (tertiary/aromatic N) is 2. The van der Waals surface area contributed by atoms with E-state index in [0.717, 1.165) is 6.42 Å². The zero-order chi connectivity index (χ0) is 14.5. The number of aromatic amines is 1. The number of hydrogen-bond donors (Lipinski definition) is 2. The van der Waals surface area contributed by atoms with Crippen LogP contribution in [-0.4, -0.2) is 22.6 Å². The molecule has 3 N–H and O–H groups in total. The molecule has 6 heteroatoms. The van der Waals surface area contributed by atoms with Crippen LogP contribution in [0.15, 0.2) is 41.2 Å². The Bertz CT molecular complexity index is 646. The predicted molar refractivity (Wildman–Crippen MR) is 77.7 cm³/mol. The van der Waals surface area contributed by atoms with Crippen LogP contribution in [0.25, 0.3) is 0 Å². The van der Waals surface area contributed by atoms with Gasteiger partial charge in [0, 0.05) is 24.0 Å². The Morgan fingerprint density at radius 1 is 1.35 bits per heavy atom. The number of nitrogens with two attached hydrogens (primary N) is 1. The van der Waals surface area contributed by atoms with Crippen molar-refractivity contribution in [1.82, 2.24) is 10.2 Å². The molecule has 0 unspecified atom stereocenters. The lowest BCUT2D eigenvalue weighted by Gasteiger charge is -2.22. The molecule has 0 aliphatic heterocycles. The van der Waals surface area contributed by atoms with E-state index in [1.165, 1.54) is 12.1 Å². The molecular weight excluding hydrogens is 256 g/mol. The average Bonchev–Trinajstić information content (AvgIpc) is 2.45. The van der Waals surface area contributed by atoms with Crippen molar-refractivity contribution in [2.75, 3.05) is 17.2 Å². The van der Waals surface area contributed by atoms with Crippen LogP contribution < -0.4 is 16.2 Å². The number of anilines is 2. The summed E-state index contributed by atoms with van der Waals surface area (Å²) in [6.07, 6.45) is 0.796. The van der Waals surface area contributed by atoms with Gasteiger partial charge in [-0.25, -0.2) is 5.10 Å². The highest BCUT2D eigenvalue weighted by Crippen LogP contribution is 2.19. The Labute approximate surface area is 116 Å². The van der Waals surface area contributed by atoms with Crippen molar-refractivity contribution in [3.63, 3.8) is 0 Å². The fourth-order valence-corrected chi connectivity index (χ4v) is 1.87. The molecule has 0 spiro atoms. The summed E-state index contributed by atoms with van der Waals surface area (Å²) >= 11 is 0. The first kappa shape index (κ1) is 13.8. The molecule has 2 aromatic rings. The first-order valence-corrected chi connectivity index (χ1v) is 6.35. The lowest BCUT2D eigenvalue weighted by atomic mass is 10.2. The largest absolute Gasteiger partial charge is 0.399 e. The molecule has 0 bridgehead atoms. The maximum Gasteiger partial charge on any atom is 0.278 e. The summed E-state index contributed by atoms with van der Waals surface area (Å²) < 4.78 is 0. The summed E-state index contributed by atoms with van der Waals surface area (Å²) in [7, 11) is 0. The van der Waals surface area contributed by atoms with Crippen LogP contribution in [-0.2, 0) is 0 Å². The highest BCUT2D eigenvalue weighted by Gasteiger charge is 2.18. The van der Waals surface area contributed by atoms with Crippen molar-refractivity contribution >= 4 is 17.3 Å². The number of carbonyl (C=O) groups excluding carboxylic acids is 1. The molecule has 1 heterocycles. The fourth-order valence-electron chi connectivity index (χ4n) is 1.87. The first-order chi connectivity index (χ1) is 9.61. The van der Waals surface area contributed by atoms with Gasteiger partial charge in [0.15, 0.2) is 0 Å². The maximum atomic E-state index is 12.5. The molecule has 0 radical (unpaired) electrons. The third-order valence-electron chi connectivity index (χ3n) is 2.77. The number of H-pyrrole nitrogens is 1. The van der Waals surface area contributed by atoms with Gasteiger partial charge in [-0.2, -0.15) is 5.10 Å². The van der Waals surface area contributed by atoms with Crippen LogP contribution in [0.4, 0.5) is 11.4 Å². The first-order valence-electron chi connectivity index (χ1n) is 6.35. The van der Waals surface area contributed by atoms with Gasteiger partial charge in [0.2, 0.25) is 0 Å². The van der Waals surface area contributed by atoms with E-state index in [1.807, 2.05) is 13.0 Å². The van der Waals surface area contributed by atoms with Gasteiger partial charge in [-0.1, -0.05) is 13.0 Å². The van der Waals surface area contributed by atoms with Gasteiger partial charge in [0.25, 0.3) is 11.5 Å². The molecule has 0 saturated heterocycles. The quantitative estimate of drug-likeness (QED) is 0.823. The molecular formula is C14H16N4O2. The molecule has 0 aliphatic carbocycles. The standard InChI is InChI=1S/C14H16N4O2/c1-2-8-18(11-5-3-4-10(15)9-11)14(20)12-6-7-13(19)17-16-12/h3-7,9H,2,8,15H2,1H3,(H,17,19). The minimum absolute atomic E-state index is 0.195. The predicted octanol–water partition coefficient (Wildman–Crippen LogP) is 1.41. The van der Waals surface area contributed by atoms with E-state index < -0.39 is 0 Å². The molecule has 0 aliphatic rings. The number of nitrogen functional groups attached to an aromatic ring is 1. The van der Waals surface area contributed by atoms with Crippen LogP contribution in [0.1, 0.15) is 23.8 Å². The van der Waals surface area contributed by atoms with E-state index >= 15 is 0 Å². The molecule has 20 heavy (non-hydrogen) atoms. The fraction of sp³-hybridized carbons (Fsp3) is 0.214. The minimum atomic E-state index is -0.340. The number of carbonyl (C=O) groups is 1. The number of hydrogen-bond acceptors (Lipinski definition) is 4. The van der Waals surface area contributed by atoms with Gasteiger partial charge < -0.3 is 10.6 Å². The Kier molecular flexibility index (Phi) is 4.14. The maximum absolute atomic E-state index is 12.5. The zero-order valence-corrected chi connectivity index (χ0v) is 11.2. The number of amides is 1. The summed E-state index contributed by atoms with van der Waals surface area (Å²) in [6, 6.07) is 9.80. The molecule has 1 aromatic carbocycles. The Balaban J connectivity index is 2.35. The van der Waals surface area contributed by atoms with E-state index in [9.17, 15) is 9.59 Å². The van der Waals surface area contributed by atoms with E-state index in [2.05, 4.69) is 10.2 Å². The van der Waals surface area contributed by atoms with Crippen LogP contribution in [0.2, 0.25) is 0 Å². The van der Waals surface area contributed by atoms with Gasteiger partial charge in [-0.05, 0) is 30.7 Å². The van der Waals surface area contributed by atoms with Crippen molar-refractivity contribution in [2.24, 2.45) is 0 Å². The SMILES string of the molecule is CCCN(C(=O)c1ccc(=O)[nH]n1)c1cccc(N)c1. The summed E-state index contributed by atoms with van der Waals surface area (Å²) in [4.78, 5) is 25.0. The van der Waals surface area contributed by atoms with Gasteiger partial charge >= 0.3 is 0 Å². The number of rotatable bonds is 4. The zero-order valence-electron chi connectivity index (χ0n) is 11.2. The molecule has 1 aromatic heterocycles. The molecule has 0 atom stereocenters. The van der Waals surface area contributed by atoms with Crippen molar-refractivity contribution in [3.05, 3.63) is 52.4 Å². The van der Waals surface area contributed by atoms with Crippen LogP contribution in [0.5, 0.6) is 0 Å². The summed E-state index contributed by atoms with van der Waals surface area (Å²) in [6.45, 7) is 2.52. The number of nitrogens with one attached hydrogen (secondary N) is 1. The molecule has 0 fully saturated rings. The molecule has 6 nitrogen and oxygen atoms in total. The molecule has 1 amide bonds. The Morgan fingerprint density at radius 2 is 2.15 bits per heavy atom. The van der Waals surface area contributed by atoms with Gasteiger partial charge in [0.05, 0.1) is 0 Å². The third kappa shape index (κ3) is 3.03. The minimum Gasteiger partial charge on any atom is -0.399 e. The van der Waals surface area contributed by atoms with Gasteiger partial charge in [-0.15, -0.1) is 0 Å². The third-order valence-corrected chi connectivity index (χ3v) is 2.77. The van der Waals surface area contributed by atoms with Crippen molar-refractivity contribution in [2.45, 2.75) is 13.3 Å². The van der Waals surface area contributed by atoms with E-state index in [0.29, 0.717) is 17.9 Å². The van der Waals surface area contributed by atoms with Crippen LogP contribution in [0, 0.1) is 0 Å². The molecule has 2 rings (SSSR count). The Hall–Kier alpha value is -2.63. The highest BCUT2D eigenvalue weighted by atomic mass is 16.2. The lowest BCUT2D eigenvalue weighted by Crippen LogP contribution is -2.33. The molecule has 104 valence electrons. The molecule has 0 saturated carbocycles. The summed E-state index contributed by atoms with van der Waals surface area (Å²) in [5, 5.41) is 6.03. The average molecular weight is 272 g/mol. The number of aromatic nitrogens is 2. The smallest absolute Gasteiger partial charge is 0.278 e. The highest BCUT2D eigenvalue weighted by molar-refractivity contribution is 6.04. The summed E-state index contributed by atoms with van der Waals surface area (Å²) in [5.41, 5.74) is 6.91. The second kappa shape index (κ2) is 6.01. The normalized spacial score (nSPS) is 10.2. The second-order valence-electron chi connectivity index (χ2n) is 4.36. The lowest BCUT2D eigenvalue weighted by molar-refractivity contribution is 0.0981. The van der Waals surface area contributed by atoms with E-state index in [1.54, 1.807) is 23.1 Å². The van der Waals surface area contributed by atoms with Gasteiger partial charge in [0.1, 0.15) is 5.69 Å². The Morgan fingerprint density at radius 3 is 2.75 bits per heavy atom. The van der Waals surface area contributed by atoms with Gasteiger partial charge in [-0.3, -0.25) is 9.59 Å². The van der Waals surface area contributed by atoms with Crippen LogP contribution >= 0.6 is 0 Å². The van der Waals surface area contributed by atoms with E-state index in [-0.39, 0.29) is 17.2 Å². The van der Waals surface area contributed by atoms with Crippen molar-refractivity contribution in [3.8, 4) is 0 Å². The second-order valence-corrected chi connectivity index (χ2v) is 4.36. The van der Waals surface area contributed by atoms with Crippen molar-refractivity contribution < 1.29 is 4.79 Å². The topological polar surface area (TPSA) is 92.1 Å². The van der Waals surface area contributed by atoms with Crippen LogP contribution in [0.3, 0.4) is 0 Å². The van der Waals surface area contributed by atoms with E-state index in [4.69, 9.17) is 5.73 Å². The van der Waals surface area contributed by atoms with Crippen molar-refractivity contribution in [1.29, 1.82) is 0 Å². The monoisotopic (exact) mass is 272 g/mol. The number of benzene rings is 1.